The van der Waals surface area contributed by atoms with Gasteiger partial charge in [-0.2, -0.15) is 0 Å². The summed E-state index contributed by atoms with van der Waals surface area (Å²) in [5.74, 6) is 0.984. The quantitative estimate of drug-likeness (QED) is 0.620. The summed E-state index contributed by atoms with van der Waals surface area (Å²) >= 11 is 0. The second-order valence-corrected chi connectivity index (χ2v) is 2.56. The van der Waals surface area contributed by atoms with Gasteiger partial charge >= 0.3 is 0 Å². The lowest BCUT2D eigenvalue weighted by Crippen LogP contribution is -2.37. The molecule has 0 radical (unpaired) electrons. The molecule has 1 rings (SSSR count). The first-order valence-corrected chi connectivity index (χ1v) is 5.00. The van der Waals surface area contributed by atoms with Gasteiger partial charge in [0.25, 0.3) is 0 Å². The van der Waals surface area contributed by atoms with Crippen LogP contribution < -0.4 is 5.32 Å². The van der Waals surface area contributed by atoms with E-state index in [0.717, 1.165) is 12.0 Å². The highest BCUT2D eigenvalue weighted by Gasteiger charge is 2.22. The lowest BCUT2D eigenvalue weighted by atomic mass is 9.82. The van der Waals surface area contributed by atoms with E-state index in [1.54, 1.807) is 0 Å². The van der Waals surface area contributed by atoms with Crippen molar-refractivity contribution in [1.82, 2.24) is 5.32 Å². The average molecular weight is 159 g/mol. The summed E-state index contributed by atoms with van der Waals surface area (Å²) < 4.78 is 0. The molecule has 0 amide bonds. The molecule has 0 aromatic carbocycles. The van der Waals surface area contributed by atoms with Gasteiger partial charge in [0.1, 0.15) is 0 Å². The smallest absolute Gasteiger partial charge is 0.00691 e. The van der Waals surface area contributed by atoms with E-state index in [2.05, 4.69) is 12.2 Å². The van der Waals surface area contributed by atoms with Crippen LogP contribution in [0, 0.1) is 5.92 Å². The van der Waals surface area contributed by atoms with Gasteiger partial charge in [-0.3, -0.25) is 0 Å². The van der Waals surface area contributed by atoms with Gasteiger partial charge in [-0.25, -0.2) is 0 Å². The molecule has 0 spiro atoms. The minimum atomic E-state index is 0.843. The van der Waals surface area contributed by atoms with Crippen LogP contribution in [0.3, 0.4) is 0 Å². The molecule has 1 aliphatic rings. The van der Waals surface area contributed by atoms with Gasteiger partial charge in [-0.15, -0.1) is 0 Å². The summed E-state index contributed by atoms with van der Waals surface area (Å²) in [6, 6.07) is 0.843. The molecule has 0 heterocycles. The standard InChI is InChI=1S/C6H13N.2C2H6/c1-5-3-6(4-5)7-2;2*1-2/h5-7H,3-4H2,1-2H3;2*1-2H3. The van der Waals surface area contributed by atoms with Crippen LogP contribution in [0.15, 0.2) is 0 Å². The van der Waals surface area contributed by atoms with Crippen molar-refractivity contribution < 1.29 is 0 Å². The van der Waals surface area contributed by atoms with Crippen LogP contribution in [0.25, 0.3) is 0 Å². The van der Waals surface area contributed by atoms with Crippen molar-refractivity contribution in [2.24, 2.45) is 5.92 Å². The second kappa shape index (κ2) is 9.96. The number of hydrogen-bond donors (Lipinski definition) is 1. The van der Waals surface area contributed by atoms with Crippen LogP contribution in [0.4, 0.5) is 0 Å². The third kappa shape index (κ3) is 6.36. The maximum Gasteiger partial charge on any atom is 0.00691 e. The highest BCUT2D eigenvalue weighted by atomic mass is 14.9. The Bertz CT molecular complexity index is 55.9. The third-order valence-electron chi connectivity index (χ3n) is 1.78. The van der Waals surface area contributed by atoms with Crippen molar-refractivity contribution in [2.45, 2.75) is 53.5 Å². The Morgan fingerprint density at radius 1 is 1.00 bits per heavy atom. The molecule has 1 heteroatoms. The third-order valence-corrected chi connectivity index (χ3v) is 1.78. The predicted molar refractivity (Wildman–Crippen MR) is 53.9 cm³/mol. The van der Waals surface area contributed by atoms with Crippen LogP contribution >= 0.6 is 0 Å². The predicted octanol–water partition coefficient (Wildman–Crippen LogP) is 3.06. The monoisotopic (exact) mass is 159 g/mol. The van der Waals surface area contributed by atoms with Gasteiger partial charge < -0.3 is 5.32 Å². The average Bonchev–Trinajstić information content (AvgIpc) is 2.06. The molecule has 1 nitrogen and oxygen atoms in total. The highest BCUT2D eigenvalue weighted by Crippen LogP contribution is 2.25. The van der Waals surface area contributed by atoms with Gasteiger partial charge in [0, 0.05) is 6.04 Å². The van der Waals surface area contributed by atoms with Crippen LogP contribution in [-0.4, -0.2) is 13.1 Å². The Labute approximate surface area is 72.6 Å². The number of hydrogen-bond acceptors (Lipinski definition) is 1. The Morgan fingerprint density at radius 3 is 1.45 bits per heavy atom. The first-order valence-electron chi connectivity index (χ1n) is 5.00. The van der Waals surface area contributed by atoms with Crippen molar-refractivity contribution >= 4 is 0 Å². The lowest BCUT2D eigenvalue weighted by molar-refractivity contribution is 0.254. The molecule has 1 saturated carbocycles. The topological polar surface area (TPSA) is 12.0 Å². The molecule has 0 bridgehead atoms. The molecule has 0 aliphatic heterocycles. The van der Waals surface area contributed by atoms with Crippen LogP contribution in [0.1, 0.15) is 47.5 Å². The maximum atomic E-state index is 3.23. The van der Waals surface area contributed by atoms with E-state index in [4.69, 9.17) is 0 Å². The summed E-state index contributed by atoms with van der Waals surface area (Å²) in [7, 11) is 2.04. The Balaban J connectivity index is 0. The molecule has 11 heavy (non-hydrogen) atoms. The molecule has 0 unspecified atom stereocenters. The van der Waals surface area contributed by atoms with Gasteiger partial charge in [0.15, 0.2) is 0 Å². The van der Waals surface area contributed by atoms with E-state index in [-0.39, 0.29) is 0 Å². The molecule has 1 N–H and O–H groups in total. The summed E-state index contributed by atoms with van der Waals surface area (Å²) in [6.07, 6.45) is 2.77. The van der Waals surface area contributed by atoms with Crippen LogP contribution in [-0.2, 0) is 0 Å². The summed E-state index contributed by atoms with van der Waals surface area (Å²) in [5.41, 5.74) is 0. The van der Waals surface area contributed by atoms with Crippen molar-refractivity contribution in [2.75, 3.05) is 7.05 Å². The summed E-state index contributed by atoms with van der Waals surface area (Å²) in [6.45, 7) is 10.3. The van der Waals surface area contributed by atoms with E-state index in [1.165, 1.54) is 12.8 Å². The molecular formula is C10H25N. The van der Waals surface area contributed by atoms with Crippen molar-refractivity contribution in [1.29, 1.82) is 0 Å². The first-order chi connectivity index (χ1) is 5.33. The molecule has 0 aromatic heterocycles. The van der Waals surface area contributed by atoms with E-state index in [1.807, 2.05) is 34.7 Å². The van der Waals surface area contributed by atoms with Gasteiger partial charge in [-0.1, -0.05) is 34.6 Å². The van der Waals surface area contributed by atoms with Crippen LogP contribution in [0.2, 0.25) is 0 Å². The Kier molecular flexibility index (Phi) is 12.3. The molecule has 0 atom stereocenters. The van der Waals surface area contributed by atoms with Gasteiger partial charge in [0.2, 0.25) is 0 Å². The fraction of sp³-hybridized carbons (Fsp3) is 1.00. The zero-order valence-electron chi connectivity index (χ0n) is 9.07. The zero-order valence-corrected chi connectivity index (χ0v) is 9.07. The summed E-state index contributed by atoms with van der Waals surface area (Å²) in [5, 5.41) is 3.23. The Hall–Kier alpha value is -0.0400. The molecule has 1 fully saturated rings. The SMILES string of the molecule is CC.CC.CNC1CC(C)C1. The van der Waals surface area contributed by atoms with E-state index in [0.29, 0.717) is 0 Å². The van der Waals surface area contributed by atoms with E-state index >= 15 is 0 Å². The minimum Gasteiger partial charge on any atom is -0.317 e. The van der Waals surface area contributed by atoms with E-state index in [9.17, 15) is 0 Å². The largest absolute Gasteiger partial charge is 0.317 e. The zero-order chi connectivity index (χ0) is 9.28. The Morgan fingerprint density at radius 2 is 1.36 bits per heavy atom. The molecular weight excluding hydrogens is 134 g/mol. The lowest BCUT2D eigenvalue weighted by Gasteiger charge is -2.31. The van der Waals surface area contributed by atoms with Crippen molar-refractivity contribution in [3.8, 4) is 0 Å². The molecule has 1 aliphatic carbocycles. The molecule has 0 aromatic rings. The fourth-order valence-electron chi connectivity index (χ4n) is 1.14. The van der Waals surface area contributed by atoms with Crippen LogP contribution in [0.5, 0.6) is 0 Å². The van der Waals surface area contributed by atoms with Gasteiger partial charge in [-0.05, 0) is 25.8 Å². The van der Waals surface area contributed by atoms with Crippen molar-refractivity contribution in [3.63, 3.8) is 0 Å². The van der Waals surface area contributed by atoms with Crippen molar-refractivity contribution in [3.05, 3.63) is 0 Å². The number of rotatable bonds is 1. The van der Waals surface area contributed by atoms with Gasteiger partial charge in [0.05, 0.1) is 0 Å². The summed E-state index contributed by atoms with van der Waals surface area (Å²) in [4.78, 5) is 0. The minimum absolute atomic E-state index is 0.843. The molecule has 70 valence electrons. The number of nitrogens with one attached hydrogen (secondary N) is 1. The molecule has 0 saturated heterocycles. The maximum absolute atomic E-state index is 3.23. The van der Waals surface area contributed by atoms with E-state index < -0.39 is 0 Å². The normalized spacial score (nSPS) is 26.7. The fourth-order valence-corrected chi connectivity index (χ4v) is 1.14. The second-order valence-electron chi connectivity index (χ2n) is 2.56. The highest BCUT2D eigenvalue weighted by molar-refractivity contribution is 4.80. The first kappa shape index (κ1) is 13.5.